The van der Waals surface area contributed by atoms with Gasteiger partial charge >= 0.3 is 0 Å². The average molecular weight is 361 g/mol. The quantitative estimate of drug-likeness (QED) is 0.549. The van der Waals surface area contributed by atoms with Crippen LogP contribution in [0.2, 0.25) is 0 Å². The Morgan fingerprint density at radius 2 is 1.96 bits per heavy atom. The van der Waals surface area contributed by atoms with Gasteiger partial charge in [-0.15, -0.1) is 0 Å². The van der Waals surface area contributed by atoms with Crippen LogP contribution in [0.5, 0.6) is 0 Å². The summed E-state index contributed by atoms with van der Waals surface area (Å²) in [5.41, 5.74) is 1.71. The van der Waals surface area contributed by atoms with Gasteiger partial charge in [0, 0.05) is 29.6 Å². The standard InChI is InChI=1S/C20H15N3O2S/c24-20(17-7-3-5-13-4-1-2-6-16(13)17)23-10-15(11-23)19-21-18(22-25-19)14-8-9-26-12-14/h1-9,12,15H,10-11H2. The van der Waals surface area contributed by atoms with Crippen LogP contribution in [-0.4, -0.2) is 34.0 Å². The number of rotatable bonds is 3. The molecule has 5 rings (SSSR count). The number of aromatic nitrogens is 2. The van der Waals surface area contributed by atoms with Crippen molar-refractivity contribution in [1.29, 1.82) is 0 Å². The predicted molar refractivity (Wildman–Crippen MR) is 100 cm³/mol. The molecule has 128 valence electrons. The molecule has 0 atom stereocenters. The van der Waals surface area contributed by atoms with Gasteiger partial charge in [-0.25, -0.2) is 0 Å². The molecule has 26 heavy (non-hydrogen) atoms. The van der Waals surface area contributed by atoms with Gasteiger partial charge in [-0.05, 0) is 28.3 Å². The number of nitrogens with zero attached hydrogens (tertiary/aromatic N) is 3. The van der Waals surface area contributed by atoms with Crippen molar-refractivity contribution < 1.29 is 9.32 Å². The van der Waals surface area contributed by atoms with Crippen molar-refractivity contribution in [3.8, 4) is 11.4 Å². The predicted octanol–water partition coefficient (Wildman–Crippen LogP) is 4.19. The number of hydrogen-bond acceptors (Lipinski definition) is 5. The van der Waals surface area contributed by atoms with Gasteiger partial charge in [-0.2, -0.15) is 16.3 Å². The van der Waals surface area contributed by atoms with E-state index in [2.05, 4.69) is 10.1 Å². The maximum absolute atomic E-state index is 12.9. The van der Waals surface area contributed by atoms with Gasteiger partial charge in [-0.1, -0.05) is 41.6 Å². The summed E-state index contributed by atoms with van der Waals surface area (Å²) in [6.45, 7) is 1.21. The fraction of sp³-hybridized carbons (Fsp3) is 0.150. The zero-order valence-electron chi connectivity index (χ0n) is 13.8. The summed E-state index contributed by atoms with van der Waals surface area (Å²) >= 11 is 1.60. The van der Waals surface area contributed by atoms with Gasteiger partial charge in [-0.3, -0.25) is 4.79 Å². The van der Waals surface area contributed by atoms with E-state index in [0.717, 1.165) is 21.9 Å². The maximum atomic E-state index is 12.9. The summed E-state index contributed by atoms with van der Waals surface area (Å²) in [5, 5.41) is 10.1. The van der Waals surface area contributed by atoms with E-state index in [1.165, 1.54) is 0 Å². The van der Waals surface area contributed by atoms with Crippen molar-refractivity contribution in [3.05, 3.63) is 70.7 Å². The van der Waals surface area contributed by atoms with Crippen LogP contribution < -0.4 is 0 Å². The highest BCUT2D eigenvalue weighted by Crippen LogP contribution is 2.30. The van der Waals surface area contributed by atoms with Crippen LogP contribution in [-0.2, 0) is 0 Å². The summed E-state index contributed by atoms with van der Waals surface area (Å²) in [4.78, 5) is 19.2. The van der Waals surface area contributed by atoms with E-state index in [9.17, 15) is 4.79 Å². The molecule has 6 heteroatoms. The van der Waals surface area contributed by atoms with Gasteiger partial charge in [0.25, 0.3) is 5.91 Å². The molecule has 0 unspecified atom stereocenters. The number of amides is 1. The smallest absolute Gasteiger partial charge is 0.254 e. The topological polar surface area (TPSA) is 59.2 Å². The van der Waals surface area contributed by atoms with Crippen LogP contribution in [0.1, 0.15) is 22.2 Å². The number of hydrogen-bond donors (Lipinski definition) is 0. The first-order valence-electron chi connectivity index (χ1n) is 8.43. The molecule has 1 aliphatic heterocycles. The number of likely N-dealkylation sites (tertiary alicyclic amines) is 1. The summed E-state index contributed by atoms with van der Waals surface area (Å²) in [7, 11) is 0. The molecule has 2 aromatic carbocycles. The summed E-state index contributed by atoms with van der Waals surface area (Å²) < 4.78 is 5.40. The average Bonchev–Trinajstić information content (AvgIpc) is 3.31. The van der Waals surface area contributed by atoms with Crippen molar-refractivity contribution in [3.63, 3.8) is 0 Å². The fourth-order valence-corrected chi connectivity index (χ4v) is 3.93. The number of carbonyl (C=O) groups is 1. The molecular formula is C20H15N3O2S. The first-order valence-corrected chi connectivity index (χ1v) is 9.37. The first kappa shape index (κ1) is 15.3. The highest BCUT2D eigenvalue weighted by atomic mass is 32.1. The lowest BCUT2D eigenvalue weighted by molar-refractivity contribution is 0.0571. The third-order valence-corrected chi connectivity index (χ3v) is 5.44. The minimum atomic E-state index is 0.0515. The summed E-state index contributed by atoms with van der Waals surface area (Å²) in [6, 6.07) is 15.8. The van der Waals surface area contributed by atoms with Crippen molar-refractivity contribution in [2.24, 2.45) is 0 Å². The van der Waals surface area contributed by atoms with Crippen molar-refractivity contribution in [2.75, 3.05) is 13.1 Å². The van der Waals surface area contributed by atoms with Crippen molar-refractivity contribution >= 4 is 28.0 Å². The molecule has 0 aliphatic carbocycles. The van der Waals surface area contributed by atoms with E-state index in [1.807, 2.05) is 64.2 Å². The normalized spacial score (nSPS) is 14.5. The Morgan fingerprint density at radius 3 is 2.81 bits per heavy atom. The monoisotopic (exact) mass is 361 g/mol. The lowest BCUT2D eigenvalue weighted by Gasteiger charge is -2.37. The van der Waals surface area contributed by atoms with Crippen LogP contribution in [0.3, 0.4) is 0 Å². The SMILES string of the molecule is O=C(c1cccc2ccccc12)N1CC(c2nc(-c3ccsc3)no2)C1. The molecule has 0 N–H and O–H groups in total. The van der Waals surface area contributed by atoms with Crippen LogP contribution in [0.25, 0.3) is 22.2 Å². The Hall–Kier alpha value is -2.99. The second kappa shape index (κ2) is 6.07. The molecule has 4 aromatic rings. The third-order valence-electron chi connectivity index (χ3n) is 4.76. The second-order valence-corrected chi connectivity index (χ2v) is 7.18. The van der Waals surface area contributed by atoms with Gasteiger partial charge in [0.2, 0.25) is 11.7 Å². The van der Waals surface area contributed by atoms with E-state index >= 15 is 0 Å². The molecule has 0 radical (unpaired) electrons. The molecule has 5 nitrogen and oxygen atoms in total. The van der Waals surface area contributed by atoms with Gasteiger partial charge in [0.05, 0.1) is 5.92 Å². The lowest BCUT2D eigenvalue weighted by atomic mass is 9.97. The van der Waals surface area contributed by atoms with Crippen molar-refractivity contribution in [2.45, 2.75) is 5.92 Å². The Bertz CT molecular complexity index is 1080. The molecule has 0 bridgehead atoms. The molecule has 0 spiro atoms. The molecule has 0 saturated carbocycles. The number of carbonyl (C=O) groups excluding carboxylic acids is 1. The lowest BCUT2D eigenvalue weighted by Crippen LogP contribution is -2.48. The molecule has 3 heterocycles. The molecule has 1 amide bonds. The van der Waals surface area contributed by atoms with E-state index in [4.69, 9.17) is 4.52 Å². The summed E-state index contributed by atoms with van der Waals surface area (Å²) in [6.07, 6.45) is 0. The van der Waals surface area contributed by atoms with Gasteiger partial charge < -0.3 is 9.42 Å². The molecular weight excluding hydrogens is 346 g/mol. The van der Waals surface area contributed by atoms with Gasteiger partial charge in [0.15, 0.2) is 0 Å². The largest absolute Gasteiger partial charge is 0.339 e. The van der Waals surface area contributed by atoms with E-state index in [1.54, 1.807) is 11.3 Å². The second-order valence-electron chi connectivity index (χ2n) is 6.40. The van der Waals surface area contributed by atoms with Crippen LogP contribution >= 0.6 is 11.3 Å². The zero-order chi connectivity index (χ0) is 17.5. The highest BCUT2D eigenvalue weighted by Gasteiger charge is 2.36. The van der Waals surface area contributed by atoms with Crippen LogP contribution in [0, 0.1) is 0 Å². The Morgan fingerprint density at radius 1 is 1.12 bits per heavy atom. The maximum Gasteiger partial charge on any atom is 0.254 e. The van der Waals surface area contributed by atoms with Crippen molar-refractivity contribution in [1.82, 2.24) is 15.0 Å². The number of thiophene rings is 1. The number of fused-ring (bicyclic) bond motifs is 1. The van der Waals surface area contributed by atoms with E-state index in [-0.39, 0.29) is 11.8 Å². The number of benzene rings is 2. The van der Waals surface area contributed by atoms with Crippen LogP contribution in [0.4, 0.5) is 0 Å². The van der Waals surface area contributed by atoms with Crippen LogP contribution in [0.15, 0.2) is 63.8 Å². The Kier molecular flexibility index (Phi) is 3.57. The highest BCUT2D eigenvalue weighted by molar-refractivity contribution is 7.08. The first-order chi connectivity index (χ1) is 12.8. The third kappa shape index (κ3) is 2.50. The molecule has 2 aromatic heterocycles. The minimum absolute atomic E-state index is 0.0515. The molecule has 1 saturated heterocycles. The van der Waals surface area contributed by atoms with E-state index in [0.29, 0.717) is 24.8 Å². The fourth-order valence-electron chi connectivity index (χ4n) is 3.29. The summed E-state index contributed by atoms with van der Waals surface area (Å²) in [5.74, 6) is 1.37. The van der Waals surface area contributed by atoms with E-state index < -0.39 is 0 Å². The molecule has 1 aliphatic rings. The minimum Gasteiger partial charge on any atom is -0.339 e. The van der Waals surface area contributed by atoms with Gasteiger partial charge in [0.1, 0.15) is 0 Å². The Labute approximate surface area is 153 Å². The Balaban J connectivity index is 1.33. The zero-order valence-corrected chi connectivity index (χ0v) is 14.6. The molecule has 1 fully saturated rings.